The summed E-state index contributed by atoms with van der Waals surface area (Å²) in [5.74, 6) is 0.119. The fraction of sp³-hybridized carbons (Fsp3) is 0.333. The van der Waals surface area contributed by atoms with E-state index >= 15 is 0 Å². The summed E-state index contributed by atoms with van der Waals surface area (Å²) in [5, 5.41) is 11.3. The van der Waals surface area contributed by atoms with Crippen LogP contribution in [0.5, 0.6) is 5.88 Å². The van der Waals surface area contributed by atoms with Gasteiger partial charge in [-0.3, -0.25) is 0 Å². The van der Waals surface area contributed by atoms with E-state index in [4.69, 9.17) is 4.74 Å². The molecule has 4 nitrogen and oxygen atoms in total. The average molecular weight is 275 g/mol. The van der Waals surface area contributed by atoms with E-state index in [1.807, 2.05) is 6.07 Å². The minimum absolute atomic E-state index is 0.148. The van der Waals surface area contributed by atoms with Gasteiger partial charge in [-0.2, -0.15) is 5.10 Å². The van der Waals surface area contributed by atoms with Gasteiger partial charge >= 0.3 is 0 Å². The molecule has 0 spiro atoms. The minimum Gasteiger partial charge on any atom is -0.472 e. The Kier molecular flexibility index (Phi) is 5.43. The van der Waals surface area contributed by atoms with Crippen LogP contribution in [0.1, 0.15) is 24.6 Å². The maximum absolute atomic E-state index is 13.4. The number of hydrogen-bond acceptors (Lipinski definition) is 4. The standard InChI is InChI=1S/C15H18FN3O/c1-2-9-17-10-13-7-8-15(19-18-13)20-11-12-5-3-4-6-14(12)16/h3-8,17H,2,9-11H2,1H3. The molecule has 0 atom stereocenters. The van der Waals surface area contributed by atoms with Crippen molar-refractivity contribution < 1.29 is 9.13 Å². The number of rotatable bonds is 7. The third-order valence-corrected chi connectivity index (χ3v) is 2.76. The van der Waals surface area contributed by atoms with Crippen LogP contribution < -0.4 is 10.1 Å². The van der Waals surface area contributed by atoms with Crippen molar-refractivity contribution in [1.82, 2.24) is 15.5 Å². The first-order chi connectivity index (χ1) is 9.79. The van der Waals surface area contributed by atoms with E-state index in [9.17, 15) is 4.39 Å². The van der Waals surface area contributed by atoms with E-state index < -0.39 is 0 Å². The van der Waals surface area contributed by atoms with Crippen LogP contribution in [0, 0.1) is 5.82 Å². The van der Waals surface area contributed by atoms with Crippen LogP contribution in [0.3, 0.4) is 0 Å². The third-order valence-electron chi connectivity index (χ3n) is 2.76. The molecule has 0 saturated heterocycles. The van der Waals surface area contributed by atoms with Crippen molar-refractivity contribution in [2.24, 2.45) is 0 Å². The minimum atomic E-state index is -0.277. The molecule has 20 heavy (non-hydrogen) atoms. The van der Waals surface area contributed by atoms with Gasteiger partial charge in [0.25, 0.3) is 0 Å². The molecule has 0 unspecified atom stereocenters. The van der Waals surface area contributed by atoms with E-state index in [1.54, 1.807) is 24.3 Å². The summed E-state index contributed by atoms with van der Waals surface area (Å²) in [6, 6.07) is 10.1. The molecule has 106 valence electrons. The van der Waals surface area contributed by atoms with Gasteiger partial charge in [-0.15, -0.1) is 5.10 Å². The van der Waals surface area contributed by atoms with Gasteiger partial charge in [-0.25, -0.2) is 4.39 Å². The quantitative estimate of drug-likeness (QED) is 0.789. The van der Waals surface area contributed by atoms with Crippen molar-refractivity contribution in [2.45, 2.75) is 26.5 Å². The molecule has 0 bridgehead atoms. The SMILES string of the molecule is CCCNCc1ccc(OCc2ccccc2F)nn1. The topological polar surface area (TPSA) is 47.0 Å². The summed E-state index contributed by atoms with van der Waals surface area (Å²) in [7, 11) is 0. The van der Waals surface area contributed by atoms with Gasteiger partial charge in [0, 0.05) is 18.2 Å². The highest BCUT2D eigenvalue weighted by Gasteiger charge is 2.03. The number of aromatic nitrogens is 2. The Balaban J connectivity index is 1.86. The zero-order valence-electron chi connectivity index (χ0n) is 11.5. The number of nitrogens with zero attached hydrogens (tertiary/aromatic N) is 2. The Labute approximate surface area is 118 Å². The molecule has 2 rings (SSSR count). The molecule has 1 N–H and O–H groups in total. The molecule has 0 saturated carbocycles. The number of halogens is 1. The first kappa shape index (κ1) is 14.4. The largest absolute Gasteiger partial charge is 0.472 e. The number of ether oxygens (including phenoxy) is 1. The Morgan fingerprint density at radius 3 is 2.70 bits per heavy atom. The van der Waals surface area contributed by atoms with E-state index in [1.165, 1.54) is 6.07 Å². The average Bonchev–Trinajstić information content (AvgIpc) is 2.48. The molecular weight excluding hydrogens is 257 g/mol. The van der Waals surface area contributed by atoms with E-state index in [0.717, 1.165) is 18.7 Å². The van der Waals surface area contributed by atoms with Crippen LogP contribution in [-0.4, -0.2) is 16.7 Å². The number of hydrogen-bond donors (Lipinski definition) is 1. The number of nitrogens with one attached hydrogen (secondary N) is 1. The number of benzene rings is 1. The molecular formula is C15H18FN3O. The maximum atomic E-state index is 13.4. The summed E-state index contributed by atoms with van der Waals surface area (Å²) in [6.07, 6.45) is 1.08. The van der Waals surface area contributed by atoms with E-state index in [-0.39, 0.29) is 12.4 Å². The summed E-state index contributed by atoms with van der Waals surface area (Å²) in [4.78, 5) is 0. The molecule has 1 heterocycles. The van der Waals surface area contributed by atoms with Crippen LogP contribution >= 0.6 is 0 Å². The Bertz CT molecular complexity index is 531. The van der Waals surface area contributed by atoms with Crippen LogP contribution in [-0.2, 0) is 13.2 Å². The summed E-state index contributed by atoms with van der Waals surface area (Å²) < 4.78 is 18.8. The lowest BCUT2D eigenvalue weighted by atomic mass is 10.2. The second-order valence-electron chi connectivity index (χ2n) is 4.42. The van der Waals surface area contributed by atoms with Crippen molar-refractivity contribution in [2.75, 3.05) is 6.54 Å². The van der Waals surface area contributed by atoms with Crippen LogP contribution in [0.25, 0.3) is 0 Å². The fourth-order valence-electron chi connectivity index (χ4n) is 1.68. The van der Waals surface area contributed by atoms with E-state index in [2.05, 4.69) is 22.4 Å². The third kappa shape index (κ3) is 4.28. The summed E-state index contributed by atoms with van der Waals surface area (Å²) in [5.41, 5.74) is 1.36. The van der Waals surface area contributed by atoms with Crippen molar-refractivity contribution in [3.8, 4) is 5.88 Å². The molecule has 5 heteroatoms. The summed E-state index contributed by atoms with van der Waals surface area (Å²) in [6.45, 7) is 3.90. The lowest BCUT2D eigenvalue weighted by Crippen LogP contribution is -2.15. The van der Waals surface area contributed by atoms with Crippen LogP contribution in [0.15, 0.2) is 36.4 Å². The van der Waals surface area contributed by atoms with Gasteiger partial charge in [0.2, 0.25) is 5.88 Å². The lowest BCUT2D eigenvalue weighted by Gasteiger charge is -2.06. The molecule has 2 aromatic rings. The second-order valence-corrected chi connectivity index (χ2v) is 4.42. The molecule has 0 radical (unpaired) electrons. The maximum Gasteiger partial charge on any atom is 0.233 e. The highest BCUT2D eigenvalue weighted by atomic mass is 19.1. The zero-order chi connectivity index (χ0) is 14.2. The normalized spacial score (nSPS) is 10.5. The molecule has 1 aromatic heterocycles. The van der Waals surface area contributed by atoms with Crippen molar-refractivity contribution in [1.29, 1.82) is 0 Å². The molecule has 0 aliphatic heterocycles. The van der Waals surface area contributed by atoms with Crippen LogP contribution in [0.2, 0.25) is 0 Å². The molecule has 0 amide bonds. The smallest absolute Gasteiger partial charge is 0.233 e. The van der Waals surface area contributed by atoms with Gasteiger partial charge in [-0.1, -0.05) is 25.1 Å². The monoisotopic (exact) mass is 275 g/mol. The predicted octanol–water partition coefficient (Wildman–Crippen LogP) is 2.69. The first-order valence-corrected chi connectivity index (χ1v) is 6.69. The Morgan fingerprint density at radius 1 is 1.15 bits per heavy atom. The Morgan fingerprint density at radius 2 is 2.00 bits per heavy atom. The molecule has 0 fully saturated rings. The predicted molar refractivity (Wildman–Crippen MR) is 74.8 cm³/mol. The lowest BCUT2D eigenvalue weighted by molar-refractivity contribution is 0.284. The highest BCUT2D eigenvalue weighted by molar-refractivity contribution is 5.18. The van der Waals surface area contributed by atoms with E-state index in [0.29, 0.717) is 18.0 Å². The Hall–Kier alpha value is -2.01. The highest BCUT2D eigenvalue weighted by Crippen LogP contribution is 2.11. The van der Waals surface area contributed by atoms with Crippen molar-refractivity contribution in [3.63, 3.8) is 0 Å². The zero-order valence-corrected chi connectivity index (χ0v) is 11.5. The van der Waals surface area contributed by atoms with Gasteiger partial charge in [0.05, 0.1) is 5.69 Å². The van der Waals surface area contributed by atoms with Crippen molar-refractivity contribution >= 4 is 0 Å². The molecule has 0 aliphatic carbocycles. The van der Waals surface area contributed by atoms with Gasteiger partial charge in [0.15, 0.2) is 0 Å². The van der Waals surface area contributed by atoms with Gasteiger partial charge in [-0.05, 0) is 25.1 Å². The summed E-state index contributed by atoms with van der Waals surface area (Å²) >= 11 is 0. The van der Waals surface area contributed by atoms with Crippen LogP contribution in [0.4, 0.5) is 4.39 Å². The van der Waals surface area contributed by atoms with Crippen molar-refractivity contribution in [3.05, 3.63) is 53.5 Å². The van der Waals surface area contributed by atoms with Gasteiger partial charge < -0.3 is 10.1 Å². The molecule has 1 aromatic carbocycles. The fourth-order valence-corrected chi connectivity index (χ4v) is 1.68. The first-order valence-electron chi connectivity index (χ1n) is 6.69. The second kappa shape index (κ2) is 7.55. The van der Waals surface area contributed by atoms with Gasteiger partial charge in [0.1, 0.15) is 12.4 Å². The molecule has 0 aliphatic rings.